The third kappa shape index (κ3) is 2.55. The molecule has 4 N–H and O–H groups in total. The fourth-order valence-electron chi connectivity index (χ4n) is 2.57. The van der Waals surface area contributed by atoms with Crippen molar-refractivity contribution in [3.05, 3.63) is 12.0 Å². The second kappa shape index (κ2) is 5.93. The zero-order valence-corrected chi connectivity index (χ0v) is 12.3. The summed E-state index contributed by atoms with van der Waals surface area (Å²) in [5.74, 6) is 1.10. The van der Waals surface area contributed by atoms with E-state index in [2.05, 4.69) is 15.3 Å². The van der Waals surface area contributed by atoms with Gasteiger partial charge in [0.25, 0.3) is 0 Å². The lowest BCUT2D eigenvalue weighted by atomic mass is 10.1. The number of aliphatic hydroxyl groups is 3. The highest BCUT2D eigenvalue weighted by Crippen LogP contribution is 2.35. The molecule has 5 atom stereocenters. The maximum absolute atomic E-state index is 10.2. The van der Waals surface area contributed by atoms with Gasteiger partial charge in [-0.3, -0.25) is 9.56 Å². The summed E-state index contributed by atoms with van der Waals surface area (Å²) in [7, 11) is 0. The van der Waals surface area contributed by atoms with Gasteiger partial charge >= 0.3 is 0 Å². The highest BCUT2D eigenvalue weighted by molar-refractivity contribution is 7.98. The highest BCUT2D eigenvalue weighted by atomic mass is 32.2. The summed E-state index contributed by atoms with van der Waals surface area (Å²) >= 11 is 1.54. The van der Waals surface area contributed by atoms with Crippen LogP contribution in [-0.2, 0) is 4.74 Å². The maximum Gasteiger partial charge on any atom is 0.165 e. The third-order valence-corrected chi connectivity index (χ3v) is 4.31. The van der Waals surface area contributed by atoms with E-state index in [0.29, 0.717) is 17.3 Å². The molecule has 9 heteroatoms. The molecule has 2 aliphatic heterocycles. The molecule has 3 heterocycles. The zero-order valence-electron chi connectivity index (χ0n) is 11.5. The first-order chi connectivity index (χ1) is 10.1. The number of aromatic nitrogens is 2. The van der Waals surface area contributed by atoms with Crippen LogP contribution >= 0.6 is 11.8 Å². The van der Waals surface area contributed by atoms with Crippen molar-refractivity contribution in [3.8, 4) is 0 Å². The number of fused-ring (bicyclic) bond motifs is 1. The Bertz CT molecular complexity index is 537. The van der Waals surface area contributed by atoms with Crippen LogP contribution in [0.2, 0.25) is 0 Å². The first-order valence-corrected chi connectivity index (χ1v) is 8.03. The van der Waals surface area contributed by atoms with Gasteiger partial charge in [-0.05, 0) is 6.26 Å². The SMILES string of the molecule is CSCC1OC(n2cnc3c2NC=NCC3O)C(O)[C@H]1O. The molecule has 1 saturated heterocycles. The van der Waals surface area contributed by atoms with Crippen LogP contribution in [0.4, 0.5) is 5.82 Å². The summed E-state index contributed by atoms with van der Waals surface area (Å²) in [6.07, 6.45) is 0.865. The molecule has 4 unspecified atom stereocenters. The number of hydrogen-bond donors (Lipinski definition) is 4. The minimum absolute atomic E-state index is 0.225. The Hall–Kier alpha value is -1.13. The lowest BCUT2D eigenvalue weighted by Crippen LogP contribution is -2.32. The number of nitrogens with zero attached hydrogens (tertiary/aromatic N) is 3. The van der Waals surface area contributed by atoms with Crippen LogP contribution in [0.1, 0.15) is 18.0 Å². The molecule has 8 nitrogen and oxygen atoms in total. The van der Waals surface area contributed by atoms with E-state index in [-0.39, 0.29) is 6.54 Å². The van der Waals surface area contributed by atoms with E-state index in [4.69, 9.17) is 4.74 Å². The Morgan fingerprint density at radius 3 is 3.00 bits per heavy atom. The molecule has 0 saturated carbocycles. The summed E-state index contributed by atoms with van der Waals surface area (Å²) in [6, 6.07) is 0. The van der Waals surface area contributed by atoms with E-state index in [1.54, 1.807) is 4.57 Å². The molecule has 0 spiro atoms. The lowest BCUT2D eigenvalue weighted by molar-refractivity contribution is -0.0298. The molecule has 1 aromatic heterocycles. The topological polar surface area (TPSA) is 112 Å². The number of ether oxygens (including phenoxy) is 1. The predicted octanol–water partition coefficient (Wildman–Crippen LogP) is -0.648. The van der Waals surface area contributed by atoms with Crippen LogP contribution in [0.5, 0.6) is 0 Å². The predicted molar refractivity (Wildman–Crippen MR) is 78.5 cm³/mol. The van der Waals surface area contributed by atoms with Crippen LogP contribution in [-0.4, -0.2) is 68.1 Å². The number of aliphatic hydroxyl groups excluding tert-OH is 3. The van der Waals surface area contributed by atoms with Crippen LogP contribution in [0.25, 0.3) is 0 Å². The first-order valence-electron chi connectivity index (χ1n) is 6.63. The summed E-state index contributed by atoms with van der Waals surface area (Å²) in [5.41, 5.74) is 0.450. The van der Waals surface area contributed by atoms with Crippen molar-refractivity contribution in [3.63, 3.8) is 0 Å². The fraction of sp³-hybridized carbons (Fsp3) is 0.667. The molecule has 3 rings (SSSR count). The average molecular weight is 314 g/mol. The van der Waals surface area contributed by atoms with Crippen LogP contribution < -0.4 is 5.32 Å². The molecule has 0 amide bonds. The van der Waals surface area contributed by atoms with E-state index >= 15 is 0 Å². The van der Waals surface area contributed by atoms with Gasteiger partial charge in [0, 0.05) is 5.75 Å². The van der Waals surface area contributed by atoms with Gasteiger partial charge in [-0.25, -0.2) is 4.98 Å². The van der Waals surface area contributed by atoms with E-state index in [1.165, 1.54) is 24.4 Å². The highest BCUT2D eigenvalue weighted by Gasteiger charge is 2.44. The molecule has 2 aliphatic rings. The Balaban J connectivity index is 1.90. The smallest absolute Gasteiger partial charge is 0.165 e. The standard InChI is InChI=1S/C12H18N4O4S/c1-21-3-7-9(18)10(19)12(20-7)16-5-15-8-6(17)2-13-4-14-11(8)16/h4-7,9-10,12,17-19H,2-3H2,1H3,(H,13,14)/t6?,7?,9-,10?,12?/m0/s1. The van der Waals surface area contributed by atoms with Crippen molar-refractivity contribution in [1.82, 2.24) is 9.55 Å². The molecular weight excluding hydrogens is 296 g/mol. The first kappa shape index (κ1) is 14.8. The lowest BCUT2D eigenvalue weighted by Gasteiger charge is -2.19. The number of imidazole rings is 1. The summed E-state index contributed by atoms with van der Waals surface area (Å²) in [6.45, 7) is 0.225. The molecule has 21 heavy (non-hydrogen) atoms. The van der Waals surface area contributed by atoms with Crippen LogP contribution in [0, 0.1) is 0 Å². The van der Waals surface area contributed by atoms with Gasteiger partial charge in [-0.2, -0.15) is 11.8 Å². The van der Waals surface area contributed by atoms with E-state index in [0.717, 1.165) is 0 Å². The number of aliphatic imine (C=N–C) groups is 1. The number of thioether (sulfide) groups is 1. The van der Waals surface area contributed by atoms with Gasteiger partial charge in [0.15, 0.2) is 6.23 Å². The average Bonchev–Trinajstić information content (AvgIpc) is 2.94. The molecule has 116 valence electrons. The van der Waals surface area contributed by atoms with Crippen molar-refractivity contribution in [2.24, 2.45) is 4.99 Å². The van der Waals surface area contributed by atoms with Crippen LogP contribution in [0.3, 0.4) is 0 Å². The number of anilines is 1. The molecular formula is C12H18N4O4S. The number of nitrogens with one attached hydrogen (secondary N) is 1. The zero-order chi connectivity index (χ0) is 15.0. The van der Waals surface area contributed by atoms with E-state index in [9.17, 15) is 15.3 Å². The van der Waals surface area contributed by atoms with Gasteiger partial charge in [0.2, 0.25) is 0 Å². The quantitative estimate of drug-likeness (QED) is 0.586. The summed E-state index contributed by atoms with van der Waals surface area (Å²) in [4.78, 5) is 8.15. The largest absolute Gasteiger partial charge is 0.387 e. The van der Waals surface area contributed by atoms with Gasteiger partial charge in [-0.1, -0.05) is 0 Å². The fourth-order valence-corrected chi connectivity index (χ4v) is 3.17. The van der Waals surface area contributed by atoms with Gasteiger partial charge in [0.1, 0.15) is 29.8 Å². The Kier molecular flexibility index (Phi) is 4.18. The minimum atomic E-state index is -1.06. The van der Waals surface area contributed by atoms with Crippen molar-refractivity contribution in [2.45, 2.75) is 30.6 Å². The van der Waals surface area contributed by atoms with Gasteiger partial charge in [0.05, 0.1) is 25.3 Å². The number of rotatable bonds is 3. The number of hydrogen-bond acceptors (Lipinski definition) is 8. The monoisotopic (exact) mass is 314 g/mol. The van der Waals surface area contributed by atoms with Gasteiger partial charge < -0.3 is 25.4 Å². The van der Waals surface area contributed by atoms with Crippen molar-refractivity contribution >= 4 is 23.9 Å². The Morgan fingerprint density at radius 2 is 2.24 bits per heavy atom. The Morgan fingerprint density at radius 1 is 1.43 bits per heavy atom. The summed E-state index contributed by atoms with van der Waals surface area (Å²) < 4.78 is 7.34. The minimum Gasteiger partial charge on any atom is -0.387 e. The molecule has 0 bridgehead atoms. The molecule has 1 fully saturated rings. The Labute approximate surface area is 125 Å². The maximum atomic E-state index is 10.2. The molecule has 0 aromatic carbocycles. The van der Waals surface area contributed by atoms with Crippen LogP contribution in [0.15, 0.2) is 11.3 Å². The molecule has 0 aliphatic carbocycles. The van der Waals surface area contributed by atoms with E-state index in [1.807, 2.05) is 6.26 Å². The summed E-state index contributed by atoms with van der Waals surface area (Å²) in [5, 5.41) is 33.2. The molecule has 0 radical (unpaired) electrons. The van der Waals surface area contributed by atoms with E-state index < -0.39 is 30.6 Å². The molecule has 1 aromatic rings. The second-order valence-electron chi connectivity index (χ2n) is 5.04. The van der Waals surface area contributed by atoms with Gasteiger partial charge in [-0.15, -0.1) is 0 Å². The third-order valence-electron chi connectivity index (χ3n) is 3.65. The normalized spacial score (nSPS) is 35.3. The van der Waals surface area contributed by atoms with Crippen molar-refractivity contribution in [1.29, 1.82) is 0 Å². The second-order valence-corrected chi connectivity index (χ2v) is 5.95. The van der Waals surface area contributed by atoms with Crippen molar-refractivity contribution < 1.29 is 20.1 Å². The van der Waals surface area contributed by atoms with Crippen molar-refractivity contribution in [2.75, 3.05) is 23.9 Å².